The summed E-state index contributed by atoms with van der Waals surface area (Å²) in [6.45, 7) is 0.519. The smallest absolute Gasteiger partial charge is 0.142 e. The fourth-order valence-corrected chi connectivity index (χ4v) is 3.06. The van der Waals surface area contributed by atoms with Crippen molar-refractivity contribution in [1.82, 2.24) is 0 Å². The lowest BCUT2D eigenvalue weighted by Gasteiger charge is -2.11. The summed E-state index contributed by atoms with van der Waals surface area (Å²) < 4.78 is 5.74. The molecule has 2 rings (SSSR count). The van der Waals surface area contributed by atoms with Crippen LogP contribution in [-0.2, 0) is 11.9 Å². The molecule has 0 unspecified atom stereocenters. The minimum atomic E-state index is 0.519. The second-order valence-corrected chi connectivity index (χ2v) is 5.61. The van der Waals surface area contributed by atoms with Crippen LogP contribution >= 0.6 is 50.5 Å². The molecule has 0 atom stereocenters. The predicted octanol–water partition coefficient (Wildman–Crippen LogP) is 5.53. The molecule has 0 radical (unpaired) electrons. The van der Waals surface area contributed by atoms with Gasteiger partial charge >= 0.3 is 0 Å². The molecule has 0 saturated heterocycles. The van der Waals surface area contributed by atoms with E-state index in [0.717, 1.165) is 11.1 Å². The second-order valence-electron chi connectivity index (χ2n) is 3.43. The van der Waals surface area contributed by atoms with Gasteiger partial charge in [0.25, 0.3) is 0 Å². The molecule has 1 aromatic heterocycles. The maximum atomic E-state index is 6.13. The van der Waals surface area contributed by atoms with Crippen molar-refractivity contribution in [1.29, 1.82) is 0 Å². The van der Waals surface area contributed by atoms with Crippen LogP contribution in [0.2, 0.25) is 10.0 Å². The Labute approximate surface area is 122 Å². The number of ether oxygens (including phenoxy) is 1. The number of thiophene rings is 1. The van der Waals surface area contributed by atoms with E-state index in [2.05, 4.69) is 21.3 Å². The van der Waals surface area contributed by atoms with Gasteiger partial charge in [-0.1, -0.05) is 39.1 Å². The third-order valence-electron chi connectivity index (χ3n) is 2.19. The first-order valence-corrected chi connectivity index (χ1v) is 7.70. The first-order chi connectivity index (χ1) is 8.20. The summed E-state index contributed by atoms with van der Waals surface area (Å²) in [5.74, 6) is 0.694. The predicted molar refractivity (Wildman–Crippen MR) is 77.7 cm³/mol. The van der Waals surface area contributed by atoms with E-state index in [1.807, 2.05) is 17.5 Å². The van der Waals surface area contributed by atoms with Crippen molar-refractivity contribution >= 4 is 50.5 Å². The molecule has 0 saturated carbocycles. The standard InChI is InChI=1S/C12H9BrCl2OS/c13-5-9-3-10(14)4-11(15)12(9)16-6-8-1-2-17-7-8/h1-4,7H,5-6H2. The van der Waals surface area contributed by atoms with Gasteiger partial charge in [0, 0.05) is 15.9 Å². The third kappa shape index (κ3) is 3.38. The van der Waals surface area contributed by atoms with Crippen molar-refractivity contribution in [2.75, 3.05) is 0 Å². The normalized spacial score (nSPS) is 10.5. The van der Waals surface area contributed by atoms with Gasteiger partial charge in [-0.3, -0.25) is 0 Å². The lowest BCUT2D eigenvalue weighted by atomic mass is 10.2. The average Bonchev–Trinajstić information content (AvgIpc) is 2.79. The zero-order valence-electron chi connectivity index (χ0n) is 8.75. The lowest BCUT2D eigenvalue weighted by molar-refractivity contribution is 0.304. The third-order valence-corrected chi connectivity index (χ3v) is 4.03. The minimum Gasteiger partial charge on any atom is -0.487 e. The zero-order valence-corrected chi connectivity index (χ0v) is 12.7. The highest BCUT2D eigenvalue weighted by atomic mass is 79.9. The molecule has 0 spiro atoms. The highest BCUT2D eigenvalue weighted by molar-refractivity contribution is 9.08. The molecule has 0 amide bonds. The summed E-state index contributed by atoms with van der Waals surface area (Å²) in [5.41, 5.74) is 2.10. The van der Waals surface area contributed by atoms with E-state index >= 15 is 0 Å². The van der Waals surface area contributed by atoms with Gasteiger partial charge in [0.1, 0.15) is 12.4 Å². The van der Waals surface area contributed by atoms with E-state index in [1.165, 1.54) is 0 Å². The summed E-state index contributed by atoms with van der Waals surface area (Å²) in [6.07, 6.45) is 0. The zero-order chi connectivity index (χ0) is 12.3. The number of alkyl halides is 1. The molecule has 0 fully saturated rings. The van der Waals surface area contributed by atoms with Crippen LogP contribution < -0.4 is 4.74 Å². The second kappa shape index (κ2) is 6.10. The van der Waals surface area contributed by atoms with E-state index in [0.29, 0.717) is 27.7 Å². The van der Waals surface area contributed by atoms with Gasteiger partial charge < -0.3 is 4.74 Å². The maximum Gasteiger partial charge on any atom is 0.142 e. The van der Waals surface area contributed by atoms with Crippen LogP contribution in [-0.4, -0.2) is 0 Å². The molecule has 17 heavy (non-hydrogen) atoms. The summed E-state index contributed by atoms with van der Waals surface area (Å²) in [4.78, 5) is 0. The molecule has 0 N–H and O–H groups in total. The summed E-state index contributed by atoms with van der Waals surface area (Å²) in [5, 5.41) is 5.90. The van der Waals surface area contributed by atoms with E-state index < -0.39 is 0 Å². The van der Waals surface area contributed by atoms with Gasteiger partial charge in [-0.05, 0) is 34.5 Å². The van der Waals surface area contributed by atoms with Crippen LogP contribution in [0.1, 0.15) is 11.1 Å². The van der Waals surface area contributed by atoms with Crippen molar-refractivity contribution < 1.29 is 4.74 Å². The number of halogens is 3. The minimum absolute atomic E-state index is 0.519. The van der Waals surface area contributed by atoms with E-state index in [4.69, 9.17) is 27.9 Å². The molecule has 2 aromatic rings. The largest absolute Gasteiger partial charge is 0.487 e. The Morgan fingerprint density at radius 2 is 2.12 bits per heavy atom. The van der Waals surface area contributed by atoms with Crippen molar-refractivity contribution in [3.8, 4) is 5.75 Å². The molecular weight excluding hydrogens is 343 g/mol. The Balaban J connectivity index is 2.19. The lowest BCUT2D eigenvalue weighted by Crippen LogP contribution is -1.97. The van der Waals surface area contributed by atoms with Crippen molar-refractivity contribution in [3.05, 3.63) is 50.1 Å². The number of benzene rings is 1. The maximum absolute atomic E-state index is 6.13. The Morgan fingerprint density at radius 1 is 1.29 bits per heavy atom. The molecule has 0 bridgehead atoms. The molecule has 1 aromatic carbocycles. The molecule has 1 heterocycles. The van der Waals surface area contributed by atoms with Crippen LogP contribution in [0.25, 0.3) is 0 Å². The molecular formula is C12H9BrCl2OS. The van der Waals surface area contributed by atoms with Crippen molar-refractivity contribution in [2.45, 2.75) is 11.9 Å². The molecule has 1 nitrogen and oxygen atoms in total. The van der Waals surface area contributed by atoms with E-state index in [9.17, 15) is 0 Å². The van der Waals surface area contributed by atoms with Crippen LogP contribution in [0, 0.1) is 0 Å². The Morgan fingerprint density at radius 3 is 2.76 bits per heavy atom. The van der Waals surface area contributed by atoms with Gasteiger partial charge in [-0.15, -0.1) is 0 Å². The first-order valence-electron chi connectivity index (χ1n) is 4.88. The van der Waals surface area contributed by atoms with E-state index in [1.54, 1.807) is 17.4 Å². The van der Waals surface area contributed by atoms with Gasteiger partial charge in [0.15, 0.2) is 0 Å². The number of hydrogen-bond donors (Lipinski definition) is 0. The van der Waals surface area contributed by atoms with Gasteiger partial charge in [-0.2, -0.15) is 11.3 Å². The van der Waals surface area contributed by atoms with Crippen molar-refractivity contribution in [2.24, 2.45) is 0 Å². The Bertz CT molecular complexity index is 499. The quantitative estimate of drug-likeness (QED) is 0.658. The average molecular weight is 352 g/mol. The van der Waals surface area contributed by atoms with Gasteiger partial charge in [-0.25, -0.2) is 0 Å². The highest BCUT2D eigenvalue weighted by Crippen LogP contribution is 2.34. The first kappa shape index (κ1) is 13.2. The molecule has 90 valence electrons. The SMILES string of the molecule is Clc1cc(Cl)c(OCc2ccsc2)c(CBr)c1. The topological polar surface area (TPSA) is 9.23 Å². The molecule has 0 aliphatic rings. The van der Waals surface area contributed by atoms with Crippen LogP contribution in [0.3, 0.4) is 0 Å². The molecule has 0 aliphatic carbocycles. The summed E-state index contributed by atoms with van der Waals surface area (Å²) in [7, 11) is 0. The monoisotopic (exact) mass is 350 g/mol. The van der Waals surface area contributed by atoms with Gasteiger partial charge in [0.2, 0.25) is 0 Å². The Kier molecular flexibility index (Phi) is 4.74. The number of rotatable bonds is 4. The van der Waals surface area contributed by atoms with Gasteiger partial charge in [0.05, 0.1) is 5.02 Å². The Hall–Kier alpha value is -0.220. The molecule has 0 aliphatic heterocycles. The van der Waals surface area contributed by atoms with E-state index in [-0.39, 0.29) is 0 Å². The summed E-state index contributed by atoms with van der Waals surface area (Å²) in [6, 6.07) is 5.58. The van der Waals surface area contributed by atoms with Crippen molar-refractivity contribution in [3.63, 3.8) is 0 Å². The molecule has 5 heteroatoms. The van der Waals surface area contributed by atoms with Crippen LogP contribution in [0.4, 0.5) is 0 Å². The fraction of sp³-hybridized carbons (Fsp3) is 0.167. The number of hydrogen-bond acceptors (Lipinski definition) is 2. The fourth-order valence-electron chi connectivity index (χ4n) is 1.40. The van der Waals surface area contributed by atoms with Crippen LogP contribution in [0.15, 0.2) is 29.0 Å². The van der Waals surface area contributed by atoms with Crippen LogP contribution in [0.5, 0.6) is 5.75 Å². The summed E-state index contributed by atoms with van der Waals surface area (Å²) >= 11 is 17.1. The highest BCUT2D eigenvalue weighted by Gasteiger charge is 2.10.